The molecule has 2 fully saturated rings. The molecular formula is C15H19BF3NO4. The van der Waals surface area contributed by atoms with Crippen LogP contribution >= 0.6 is 0 Å². The van der Waals surface area contributed by atoms with E-state index >= 15 is 0 Å². The van der Waals surface area contributed by atoms with E-state index in [2.05, 4.69) is 9.72 Å². The van der Waals surface area contributed by atoms with Gasteiger partial charge in [-0.15, -0.1) is 13.2 Å². The van der Waals surface area contributed by atoms with Crippen molar-refractivity contribution in [2.24, 2.45) is 0 Å². The Bertz CT molecular complexity index is 616. The van der Waals surface area contributed by atoms with Crippen LogP contribution in [0.5, 0.6) is 11.6 Å². The number of pyridine rings is 1. The van der Waals surface area contributed by atoms with Crippen LogP contribution in [0.15, 0.2) is 12.3 Å². The van der Waals surface area contributed by atoms with E-state index < -0.39 is 30.4 Å². The van der Waals surface area contributed by atoms with Crippen LogP contribution in [0.2, 0.25) is 0 Å². The molecule has 0 aromatic carbocycles. The summed E-state index contributed by atoms with van der Waals surface area (Å²) in [5, 5.41) is 0. The van der Waals surface area contributed by atoms with E-state index in [4.69, 9.17) is 14.0 Å². The molecule has 2 heterocycles. The summed E-state index contributed by atoms with van der Waals surface area (Å²) >= 11 is 0. The molecule has 0 atom stereocenters. The Morgan fingerprint density at radius 3 is 2.25 bits per heavy atom. The fourth-order valence-electron chi connectivity index (χ4n) is 2.22. The molecule has 1 saturated carbocycles. The summed E-state index contributed by atoms with van der Waals surface area (Å²) in [5.74, 6) is -0.221. The third-order valence-corrected chi connectivity index (χ3v) is 4.40. The van der Waals surface area contributed by atoms with Gasteiger partial charge in [-0.1, -0.05) is 0 Å². The minimum atomic E-state index is -4.80. The fourth-order valence-corrected chi connectivity index (χ4v) is 2.22. The van der Waals surface area contributed by atoms with Gasteiger partial charge in [-0.2, -0.15) is 0 Å². The number of nitrogens with zero attached hydrogens (tertiary/aromatic N) is 1. The third kappa shape index (κ3) is 3.61. The number of halogens is 3. The highest BCUT2D eigenvalue weighted by molar-refractivity contribution is 6.63. The molecule has 1 aliphatic carbocycles. The van der Waals surface area contributed by atoms with Crippen LogP contribution in [0.3, 0.4) is 0 Å². The first-order valence-electron chi connectivity index (χ1n) is 7.75. The van der Waals surface area contributed by atoms with Crippen molar-refractivity contribution in [2.75, 3.05) is 0 Å². The van der Waals surface area contributed by atoms with Crippen LogP contribution in [0, 0.1) is 0 Å². The van der Waals surface area contributed by atoms with E-state index in [0.717, 1.165) is 19.0 Å². The molecule has 132 valence electrons. The molecule has 0 amide bonds. The van der Waals surface area contributed by atoms with Gasteiger partial charge in [-0.3, -0.25) is 0 Å². The van der Waals surface area contributed by atoms with Crippen molar-refractivity contribution >= 4 is 12.6 Å². The standard InChI is InChI=1S/C15H19BF3NO4/c1-13(2)14(3,4)24-16(23-13)11-7-10(22-15(17,18)19)8-20-12(11)21-9-5-6-9/h7-9H,5-6H2,1-4H3. The maximum atomic E-state index is 12.5. The van der Waals surface area contributed by atoms with E-state index in [9.17, 15) is 13.2 Å². The normalized spacial score (nSPS) is 22.5. The summed E-state index contributed by atoms with van der Waals surface area (Å²) in [6.07, 6.45) is -1.99. The lowest BCUT2D eigenvalue weighted by atomic mass is 9.79. The van der Waals surface area contributed by atoms with Crippen molar-refractivity contribution in [3.05, 3.63) is 12.3 Å². The van der Waals surface area contributed by atoms with Gasteiger partial charge in [-0.25, -0.2) is 4.98 Å². The number of rotatable bonds is 4. The van der Waals surface area contributed by atoms with Crippen LogP contribution in [0.4, 0.5) is 13.2 Å². The summed E-state index contributed by atoms with van der Waals surface area (Å²) < 4.78 is 58.9. The third-order valence-electron chi connectivity index (χ3n) is 4.40. The Morgan fingerprint density at radius 1 is 1.17 bits per heavy atom. The number of alkyl halides is 3. The van der Waals surface area contributed by atoms with Gasteiger partial charge in [0.1, 0.15) is 11.9 Å². The average molecular weight is 345 g/mol. The smallest absolute Gasteiger partial charge is 0.475 e. The lowest BCUT2D eigenvalue weighted by molar-refractivity contribution is -0.274. The molecule has 1 aliphatic heterocycles. The predicted molar refractivity (Wildman–Crippen MR) is 80.3 cm³/mol. The van der Waals surface area contributed by atoms with Crippen LogP contribution in [-0.4, -0.2) is 35.8 Å². The lowest BCUT2D eigenvalue weighted by Crippen LogP contribution is -2.41. The molecule has 1 aromatic heterocycles. The Morgan fingerprint density at radius 2 is 1.75 bits per heavy atom. The van der Waals surface area contributed by atoms with Crippen molar-refractivity contribution in [1.29, 1.82) is 0 Å². The maximum absolute atomic E-state index is 12.5. The van der Waals surface area contributed by atoms with Crippen molar-refractivity contribution < 1.29 is 32.0 Å². The molecule has 0 unspecified atom stereocenters. The second kappa shape index (κ2) is 5.52. The molecule has 24 heavy (non-hydrogen) atoms. The monoisotopic (exact) mass is 345 g/mol. The number of ether oxygens (including phenoxy) is 2. The summed E-state index contributed by atoms with van der Waals surface area (Å²) in [6, 6.07) is 1.21. The van der Waals surface area contributed by atoms with Gasteiger partial charge in [0.05, 0.1) is 17.4 Å². The molecule has 0 bridgehead atoms. The van der Waals surface area contributed by atoms with Crippen molar-refractivity contribution in [1.82, 2.24) is 4.98 Å². The Labute approximate surface area is 138 Å². The minimum absolute atomic E-state index is 0.0352. The van der Waals surface area contributed by atoms with Gasteiger partial charge in [0.25, 0.3) is 0 Å². The molecule has 5 nitrogen and oxygen atoms in total. The van der Waals surface area contributed by atoms with E-state index in [1.54, 1.807) is 0 Å². The Kier molecular flexibility index (Phi) is 3.99. The van der Waals surface area contributed by atoms with Gasteiger partial charge in [0, 0.05) is 5.46 Å². The topological polar surface area (TPSA) is 49.8 Å². The van der Waals surface area contributed by atoms with E-state index in [1.807, 2.05) is 27.7 Å². The zero-order chi connectivity index (χ0) is 17.8. The largest absolute Gasteiger partial charge is 0.573 e. The Hall–Kier alpha value is -1.48. The van der Waals surface area contributed by atoms with Crippen LogP contribution in [-0.2, 0) is 9.31 Å². The second-order valence-corrected chi connectivity index (χ2v) is 7.02. The number of hydrogen-bond donors (Lipinski definition) is 0. The molecule has 1 aromatic rings. The highest BCUT2D eigenvalue weighted by atomic mass is 19.4. The van der Waals surface area contributed by atoms with Gasteiger partial charge < -0.3 is 18.8 Å². The van der Waals surface area contributed by atoms with Gasteiger partial charge in [0.15, 0.2) is 0 Å². The molecule has 0 N–H and O–H groups in total. The summed E-state index contributed by atoms with van der Waals surface area (Å²) in [4.78, 5) is 3.98. The summed E-state index contributed by atoms with van der Waals surface area (Å²) in [6.45, 7) is 7.44. The van der Waals surface area contributed by atoms with E-state index in [-0.39, 0.29) is 12.0 Å². The van der Waals surface area contributed by atoms with Crippen molar-refractivity contribution in [3.63, 3.8) is 0 Å². The highest BCUT2D eigenvalue weighted by Crippen LogP contribution is 2.38. The Balaban J connectivity index is 1.92. The maximum Gasteiger partial charge on any atom is 0.573 e. The fraction of sp³-hybridized carbons (Fsp3) is 0.667. The summed E-state index contributed by atoms with van der Waals surface area (Å²) in [5.41, 5.74) is -0.965. The second-order valence-electron chi connectivity index (χ2n) is 7.02. The number of aromatic nitrogens is 1. The van der Waals surface area contributed by atoms with Gasteiger partial charge in [0.2, 0.25) is 5.88 Å². The molecule has 9 heteroatoms. The average Bonchev–Trinajstić information content (AvgIpc) is 3.17. The molecule has 1 saturated heterocycles. The highest BCUT2D eigenvalue weighted by Gasteiger charge is 2.53. The molecule has 2 aliphatic rings. The van der Waals surface area contributed by atoms with Crippen LogP contribution in [0.1, 0.15) is 40.5 Å². The zero-order valence-electron chi connectivity index (χ0n) is 13.9. The molecular weight excluding hydrogens is 326 g/mol. The lowest BCUT2D eigenvalue weighted by Gasteiger charge is -2.32. The van der Waals surface area contributed by atoms with Crippen molar-refractivity contribution in [3.8, 4) is 11.6 Å². The molecule has 3 rings (SSSR count). The summed E-state index contributed by atoms with van der Waals surface area (Å²) in [7, 11) is -0.881. The van der Waals surface area contributed by atoms with E-state index in [0.29, 0.717) is 5.46 Å². The zero-order valence-corrected chi connectivity index (χ0v) is 13.9. The SMILES string of the molecule is CC1(C)OB(c2cc(OC(F)(F)F)cnc2OC2CC2)OC1(C)C. The number of hydrogen-bond acceptors (Lipinski definition) is 5. The van der Waals surface area contributed by atoms with Crippen LogP contribution in [0.25, 0.3) is 0 Å². The first-order valence-corrected chi connectivity index (χ1v) is 7.75. The molecule has 0 spiro atoms. The van der Waals surface area contributed by atoms with Gasteiger partial charge in [-0.05, 0) is 46.6 Å². The quantitative estimate of drug-likeness (QED) is 0.786. The van der Waals surface area contributed by atoms with Crippen LogP contribution < -0.4 is 14.9 Å². The molecule has 0 radical (unpaired) electrons. The van der Waals surface area contributed by atoms with Crippen molar-refractivity contribution in [2.45, 2.75) is 64.2 Å². The van der Waals surface area contributed by atoms with E-state index in [1.165, 1.54) is 6.07 Å². The van der Waals surface area contributed by atoms with Gasteiger partial charge >= 0.3 is 13.5 Å². The first kappa shape index (κ1) is 17.4. The predicted octanol–water partition coefficient (Wildman–Crippen LogP) is 2.82. The minimum Gasteiger partial charge on any atom is -0.475 e. The first-order chi connectivity index (χ1) is 11.0.